The van der Waals surface area contributed by atoms with Crippen LogP contribution in [0.15, 0.2) is 0 Å². The van der Waals surface area contributed by atoms with E-state index < -0.39 is 24.9 Å². The molecule has 0 aliphatic heterocycles. The van der Waals surface area contributed by atoms with Gasteiger partial charge in [-0.3, -0.25) is 0 Å². The second-order valence-electron chi connectivity index (χ2n) is 4.21. The Morgan fingerprint density at radius 1 is 1.25 bits per heavy atom. The van der Waals surface area contributed by atoms with E-state index in [0.717, 1.165) is 25.5 Å². The molecule has 1 saturated carbocycles. The Balaban J connectivity index is 2.48. The van der Waals surface area contributed by atoms with Crippen molar-refractivity contribution in [1.82, 2.24) is 4.72 Å². The maximum Gasteiger partial charge on any atom is 0.226 e. The Morgan fingerprint density at radius 3 is 2.31 bits per heavy atom. The third-order valence-corrected chi connectivity index (χ3v) is 6.64. The maximum absolute atomic E-state index is 11.4. The number of sulfone groups is 1. The van der Waals surface area contributed by atoms with Gasteiger partial charge in [-0.25, -0.2) is 21.6 Å². The molecule has 96 valence electrons. The zero-order chi connectivity index (χ0) is 12.4. The average molecular weight is 290 g/mol. The fourth-order valence-corrected chi connectivity index (χ4v) is 5.20. The Morgan fingerprint density at radius 2 is 1.88 bits per heavy atom. The zero-order valence-electron chi connectivity index (χ0n) is 9.02. The molecule has 0 heterocycles. The van der Waals surface area contributed by atoms with E-state index in [-0.39, 0.29) is 17.8 Å². The van der Waals surface area contributed by atoms with Crippen LogP contribution in [0.4, 0.5) is 0 Å². The monoisotopic (exact) mass is 289 g/mol. The van der Waals surface area contributed by atoms with E-state index in [4.69, 9.17) is 11.6 Å². The lowest BCUT2D eigenvalue weighted by Crippen LogP contribution is -2.34. The Labute approximate surface area is 102 Å². The average Bonchev–Trinajstić information content (AvgIpc) is 2.43. The van der Waals surface area contributed by atoms with Crippen LogP contribution in [0, 0.1) is 5.92 Å². The molecule has 0 amide bonds. The number of rotatable bonds is 5. The topological polar surface area (TPSA) is 80.3 Å². The Kier molecular flexibility index (Phi) is 4.62. The fraction of sp³-hybridized carbons (Fsp3) is 1.00. The van der Waals surface area contributed by atoms with Crippen LogP contribution in [0.3, 0.4) is 0 Å². The molecule has 2 unspecified atom stereocenters. The summed E-state index contributed by atoms with van der Waals surface area (Å²) in [4.78, 5) is 0. The second-order valence-corrected chi connectivity index (χ2v) is 9.09. The van der Waals surface area contributed by atoms with E-state index in [9.17, 15) is 16.8 Å². The molecule has 8 heteroatoms. The van der Waals surface area contributed by atoms with Gasteiger partial charge < -0.3 is 0 Å². The van der Waals surface area contributed by atoms with Crippen LogP contribution in [0.2, 0.25) is 0 Å². The number of sulfonamides is 1. The van der Waals surface area contributed by atoms with E-state index in [0.29, 0.717) is 0 Å². The molecule has 0 bridgehead atoms. The molecule has 0 spiro atoms. The third kappa shape index (κ3) is 4.99. The van der Waals surface area contributed by atoms with Crippen molar-refractivity contribution in [3.05, 3.63) is 0 Å². The van der Waals surface area contributed by atoms with E-state index in [2.05, 4.69) is 4.72 Å². The lowest BCUT2D eigenvalue weighted by atomic mass is 10.1. The Bertz CT molecular complexity index is 431. The molecule has 0 aromatic carbocycles. The first-order chi connectivity index (χ1) is 7.20. The first kappa shape index (κ1) is 14.2. The summed E-state index contributed by atoms with van der Waals surface area (Å²) in [5.74, 6) is 0.107. The van der Waals surface area contributed by atoms with Crippen LogP contribution >= 0.6 is 11.6 Å². The number of alkyl halides is 1. The van der Waals surface area contributed by atoms with Gasteiger partial charge in [-0.2, -0.15) is 0 Å². The lowest BCUT2D eigenvalue weighted by Gasteiger charge is -2.14. The normalized spacial score (nSPS) is 27.1. The molecule has 1 N–H and O–H groups in total. The van der Waals surface area contributed by atoms with Gasteiger partial charge in [0.1, 0.15) is 0 Å². The van der Waals surface area contributed by atoms with Gasteiger partial charge in [0.25, 0.3) is 0 Å². The van der Waals surface area contributed by atoms with Crippen molar-refractivity contribution in [2.45, 2.75) is 24.6 Å². The van der Waals surface area contributed by atoms with Crippen molar-refractivity contribution < 1.29 is 16.8 Å². The highest BCUT2D eigenvalue weighted by atomic mass is 35.5. The quantitative estimate of drug-likeness (QED) is 0.739. The van der Waals surface area contributed by atoms with Crippen molar-refractivity contribution in [1.29, 1.82) is 0 Å². The molecule has 0 aromatic heterocycles. The number of hydrogen-bond donors (Lipinski definition) is 1. The molecule has 0 radical (unpaired) electrons. The van der Waals surface area contributed by atoms with E-state index >= 15 is 0 Å². The maximum atomic E-state index is 11.4. The molecule has 0 saturated heterocycles. The van der Waals surface area contributed by atoms with Crippen molar-refractivity contribution in [3.8, 4) is 0 Å². The largest absolute Gasteiger partial charge is 0.228 e. The number of halogens is 1. The number of nitrogens with one attached hydrogen (secondary N) is 1. The third-order valence-electron chi connectivity index (χ3n) is 2.50. The van der Waals surface area contributed by atoms with Gasteiger partial charge in [-0.05, 0) is 18.8 Å². The molecular weight excluding hydrogens is 274 g/mol. The summed E-state index contributed by atoms with van der Waals surface area (Å²) in [5, 5.41) is -0.874. The molecule has 1 rings (SSSR count). The molecule has 1 aliphatic carbocycles. The molecule has 16 heavy (non-hydrogen) atoms. The lowest BCUT2D eigenvalue weighted by molar-refractivity contribution is 0.525. The van der Waals surface area contributed by atoms with Crippen molar-refractivity contribution >= 4 is 31.5 Å². The van der Waals surface area contributed by atoms with Crippen molar-refractivity contribution in [3.63, 3.8) is 0 Å². The summed E-state index contributed by atoms with van der Waals surface area (Å²) in [6.07, 6.45) is 3.66. The molecule has 1 fully saturated rings. The van der Waals surface area contributed by atoms with Gasteiger partial charge in [-0.1, -0.05) is 6.42 Å². The van der Waals surface area contributed by atoms with E-state index in [1.807, 2.05) is 0 Å². The minimum atomic E-state index is -3.75. The summed E-state index contributed by atoms with van der Waals surface area (Å²) in [5.41, 5.74) is 0. The molecule has 1 aliphatic rings. The first-order valence-corrected chi connectivity index (χ1v) is 9.14. The SMILES string of the molecule is CS(=O)(=O)CS(=O)(=O)NCC1CCCC1Cl. The molecule has 5 nitrogen and oxygen atoms in total. The highest BCUT2D eigenvalue weighted by Gasteiger charge is 2.27. The molecule has 2 atom stereocenters. The van der Waals surface area contributed by atoms with Gasteiger partial charge >= 0.3 is 0 Å². The van der Waals surface area contributed by atoms with E-state index in [1.165, 1.54) is 0 Å². The van der Waals surface area contributed by atoms with Crippen molar-refractivity contribution in [2.24, 2.45) is 5.92 Å². The van der Waals surface area contributed by atoms with Crippen LogP contribution in [-0.4, -0.2) is 40.1 Å². The summed E-state index contributed by atoms with van der Waals surface area (Å²) in [7, 11) is -7.27. The highest BCUT2D eigenvalue weighted by Crippen LogP contribution is 2.29. The van der Waals surface area contributed by atoms with Gasteiger partial charge in [-0.15, -0.1) is 11.6 Å². The van der Waals surface area contributed by atoms with Gasteiger partial charge in [0.15, 0.2) is 14.9 Å². The minimum Gasteiger partial charge on any atom is -0.228 e. The van der Waals surface area contributed by atoms with Crippen molar-refractivity contribution in [2.75, 3.05) is 17.9 Å². The Hall–Kier alpha value is 0.150. The predicted molar refractivity (Wildman–Crippen MR) is 63.6 cm³/mol. The summed E-state index contributed by atoms with van der Waals surface area (Å²) < 4.78 is 46.8. The van der Waals surface area contributed by atoms with Crippen LogP contribution in [0.5, 0.6) is 0 Å². The van der Waals surface area contributed by atoms with Crippen LogP contribution < -0.4 is 4.72 Å². The van der Waals surface area contributed by atoms with Crippen LogP contribution in [-0.2, 0) is 19.9 Å². The zero-order valence-corrected chi connectivity index (χ0v) is 11.4. The first-order valence-electron chi connectivity index (χ1n) is 4.99. The minimum absolute atomic E-state index is 0.0130. The van der Waals surface area contributed by atoms with Gasteiger partial charge in [0, 0.05) is 18.2 Å². The summed E-state index contributed by atoms with van der Waals surface area (Å²) in [6, 6.07) is 0. The van der Waals surface area contributed by atoms with E-state index in [1.54, 1.807) is 0 Å². The molecule has 0 aromatic rings. The summed E-state index contributed by atoms with van der Waals surface area (Å²) >= 11 is 5.99. The summed E-state index contributed by atoms with van der Waals surface area (Å²) in [6.45, 7) is 0.228. The second kappa shape index (κ2) is 5.20. The van der Waals surface area contributed by atoms with Crippen LogP contribution in [0.25, 0.3) is 0 Å². The molecular formula is C8H16ClNO4S2. The highest BCUT2D eigenvalue weighted by molar-refractivity contribution is 8.06. The standard InChI is InChI=1S/C8H16ClNO4S2/c1-15(11,12)6-16(13,14)10-5-7-3-2-4-8(7)9/h7-8,10H,2-6H2,1H3. The number of hydrogen-bond acceptors (Lipinski definition) is 4. The van der Waals surface area contributed by atoms with Gasteiger partial charge in [0.2, 0.25) is 10.0 Å². The smallest absolute Gasteiger partial charge is 0.226 e. The van der Waals surface area contributed by atoms with Gasteiger partial charge in [0.05, 0.1) is 0 Å². The fourth-order valence-electron chi connectivity index (χ4n) is 1.78. The predicted octanol–water partition coefficient (Wildman–Crippen LogP) is 0.315. The van der Waals surface area contributed by atoms with Crippen LogP contribution in [0.1, 0.15) is 19.3 Å².